The molecule has 0 saturated carbocycles. The third-order valence-corrected chi connectivity index (χ3v) is 3.68. The molecule has 6 nitrogen and oxygen atoms in total. The zero-order valence-electron chi connectivity index (χ0n) is 10.6. The van der Waals surface area contributed by atoms with E-state index in [9.17, 15) is 9.59 Å². The van der Waals surface area contributed by atoms with Crippen molar-refractivity contribution in [1.82, 2.24) is 9.80 Å². The molecule has 0 unspecified atom stereocenters. The summed E-state index contributed by atoms with van der Waals surface area (Å²) in [5.41, 5.74) is 0. The van der Waals surface area contributed by atoms with Crippen LogP contribution in [0.5, 0.6) is 0 Å². The normalized spacial score (nSPS) is 24.5. The third-order valence-electron chi connectivity index (χ3n) is 3.68. The van der Waals surface area contributed by atoms with Crippen molar-refractivity contribution in [3.63, 3.8) is 0 Å². The van der Waals surface area contributed by atoms with Crippen LogP contribution in [0, 0.1) is 0 Å². The van der Waals surface area contributed by atoms with E-state index in [0.29, 0.717) is 38.5 Å². The van der Waals surface area contributed by atoms with Crippen molar-refractivity contribution in [2.24, 2.45) is 0 Å². The molecule has 1 atom stereocenters. The lowest BCUT2D eigenvalue weighted by Crippen LogP contribution is -2.53. The summed E-state index contributed by atoms with van der Waals surface area (Å²) in [7, 11) is 0. The quantitative estimate of drug-likeness (QED) is 0.721. The van der Waals surface area contributed by atoms with Gasteiger partial charge in [-0.15, -0.1) is 0 Å². The molecular weight excluding hydrogens is 248 g/mol. The average molecular weight is 264 g/mol. The molecule has 102 valence electrons. The van der Waals surface area contributed by atoms with Gasteiger partial charge in [0.05, 0.1) is 12.9 Å². The van der Waals surface area contributed by atoms with Crippen LogP contribution in [0.1, 0.15) is 17.0 Å². The molecule has 0 bridgehead atoms. The highest BCUT2D eigenvalue weighted by molar-refractivity contribution is 5.91. The van der Waals surface area contributed by atoms with Gasteiger partial charge in [-0.1, -0.05) is 0 Å². The number of carbonyl (C=O) groups excluding carboxylic acids is 2. The monoisotopic (exact) mass is 264 g/mol. The van der Waals surface area contributed by atoms with Crippen molar-refractivity contribution < 1.29 is 18.7 Å². The second kappa shape index (κ2) is 5.05. The molecule has 2 aliphatic rings. The molecule has 0 spiro atoms. The van der Waals surface area contributed by atoms with Crippen LogP contribution in [-0.2, 0) is 9.53 Å². The Labute approximate surface area is 110 Å². The summed E-state index contributed by atoms with van der Waals surface area (Å²) in [5.74, 6) is 0.151. The molecule has 0 aliphatic carbocycles. The molecule has 2 saturated heterocycles. The lowest BCUT2D eigenvalue weighted by atomic mass is 10.2. The zero-order valence-corrected chi connectivity index (χ0v) is 10.6. The van der Waals surface area contributed by atoms with Gasteiger partial charge in [0.25, 0.3) is 5.91 Å². The Morgan fingerprint density at radius 1 is 1.26 bits per heavy atom. The van der Waals surface area contributed by atoms with Crippen LogP contribution >= 0.6 is 0 Å². The van der Waals surface area contributed by atoms with Gasteiger partial charge in [-0.25, -0.2) is 0 Å². The maximum atomic E-state index is 12.1. The summed E-state index contributed by atoms with van der Waals surface area (Å²) in [6, 6.07) is 3.25. The molecule has 2 fully saturated rings. The van der Waals surface area contributed by atoms with Crippen molar-refractivity contribution in [3.8, 4) is 0 Å². The smallest absolute Gasteiger partial charge is 0.323 e. The first-order chi connectivity index (χ1) is 9.25. The molecule has 1 aromatic heterocycles. The lowest BCUT2D eigenvalue weighted by Gasteiger charge is -2.36. The van der Waals surface area contributed by atoms with Gasteiger partial charge >= 0.3 is 5.97 Å². The number of amides is 1. The fraction of sp³-hybridized carbons (Fsp3) is 0.538. The first kappa shape index (κ1) is 12.2. The van der Waals surface area contributed by atoms with Crippen LogP contribution in [0.2, 0.25) is 0 Å². The maximum Gasteiger partial charge on any atom is 0.323 e. The van der Waals surface area contributed by atoms with E-state index < -0.39 is 0 Å². The number of cyclic esters (lactones) is 1. The molecule has 6 heteroatoms. The van der Waals surface area contributed by atoms with Gasteiger partial charge in [-0.2, -0.15) is 0 Å². The molecule has 3 heterocycles. The predicted molar refractivity (Wildman–Crippen MR) is 65.5 cm³/mol. The van der Waals surface area contributed by atoms with Crippen molar-refractivity contribution in [2.45, 2.75) is 12.5 Å². The number of hydrogen-bond acceptors (Lipinski definition) is 5. The highest BCUT2D eigenvalue weighted by atomic mass is 16.5. The van der Waals surface area contributed by atoms with Gasteiger partial charge in [0.1, 0.15) is 6.04 Å². The van der Waals surface area contributed by atoms with Crippen LogP contribution in [0.15, 0.2) is 22.8 Å². The molecule has 19 heavy (non-hydrogen) atoms. The number of carbonyl (C=O) groups is 2. The van der Waals surface area contributed by atoms with Gasteiger partial charge in [-0.3, -0.25) is 14.5 Å². The van der Waals surface area contributed by atoms with Gasteiger partial charge in [0.15, 0.2) is 5.76 Å². The van der Waals surface area contributed by atoms with E-state index in [1.54, 1.807) is 17.0 Å². The molecule has 0 N–H and O–H groups in total. The Balaban J connectivity index is 1.57. The Morgan fingerprint density at radius 2 is 2.05 bits per heavy atom. The van der Waals surface area contributed by atoms with E-state index in [2.05, 4.69) is 4.90 Å². The first-order valence-electron chi connectivity index (χ1n) is 6.49. The summed E-state index contributed by atoms with van der Waals surface area (Å²) < 4.78 is 10.1. The van der Waals surface area contributed by atoms with E-state index >= 15 is 0 Å². The largest absolute Gasteiger partial charge is 0.464 e. The molecule has 0 radical (unpaired) electrons. The lowest BCUT2D eigenvalue weighted by molar-refractivity contribution is -0.142. The Hall–Kier alpha value is -1.82. The molecule has 2 aliphatic heterocycles. The van der Waals surface area contributed by atoms with Crippen molar-refractivity contribution >= 4 is 11.9 Å². The standard InChI is InChI=1S/C13H16N2O4/c16-12(11-2-1-8-18-11)15-6-4-14(5-7-15)10-3-9-19-13(10)17/h1-2,8,10H,3-7,9H2/t10-/m1/s1. The summed E-state index contributed by atoms with van der Waals surface area (Å²) in [6.45, 7) is 3.14. The van der Waals surface area contributed by atoms with Crippen LogP contribution in [-0.4, -0.2) is 60.5 Å². The fourth-order valence-corrected chi connectivity index (χ4v) is 2.61. The van der Waals surface area contributed by atoms with E-state index in [1.165, 1.54) is 6.26 Å². The Kier molecular flexibility index (Phi) is 3.25. The second-order valence-corrected chi connectivity index (χ2v) is 4.78. The molecule has 1 amide bonds. The maximum absolute atomic E-state index is 12.1. The number of furan rings is 1. The van der Waals surface area contributed by atoms with Crippen molar-refractivity contribution in [1.29, 1.82) is 0 Å². The Morgan fingerprint density at radius 3 is 2.63 bits per heavy atom. The molecular formula is C13H16N2O4. The average Bonchev–Trinajstić information content (AvgIpc) is 3.09. The molecule has 1 aromatic rings. The minimum atomic E-state index is -0.134. The number of nitrogens with zero attached hydrogens (tertiary/aromatic N) is 2. The van der Waals surface area contributed by atoms with Crippen molar-refractivity contribution in [2.75, 3.05) is 32.8 Å². The third kappa shape index (κ3) is 2.35. The van der Waals surface area contributed by atoms with Gasteiger partial charge in [0, 0.05) is 32.6 Å². The highest BCUT2D eigenvalue weighted by Gasteiger charge is 2.35. The number of esters is 1. The van der Waals surface area contributed by atoms with Gasteiger partial charge in [0.2, 0.25) is 0 Å². The van der Waals surface area contributed by atoms with Gasteiger partial charge < -0.3 is 14.1 Å². The molecule has 0 aromatic carbocycles. The summed E-state index contributed by atoms with van der Waals surface area (Å²) in [5, 5.41) is 0. The minimum Gasteiger partial charge on any atom is -0.464 e. The predicted octanol–water partition coefficient (Wildman–Crippen LogP) is 0.353. The number of piperazine rings is 1. The first-order valence-corrected chi connectivity index (χ1v) is 6.49. The van der Waals surface area contributed by atoms with Gasteiger partial charge in [-0.05, 0) is 12.1 Å². The van der Waals surface area contributed by atoms with E-state index in [0.717, 1.165) is 6.42 Å². The minimum absolute atomic E-state index is 0.0846. The van der Waals surface area contributed by atoms with E-state index in [-0.39, 0.29) is 17.9 Å². The highest BCUT2D eigenvalue weighted by Crippen LogP contribution is 2.17. The number of rotatable bonds is 2. The van der Waals surface area contributed by atoms with Crippen molar-refractivity contribution in [3.05, 3.63) is 24.2 Å². The Bertz CT molecular complexity index is 463. The SMILES string of the molecule is O=C1OCC[C@H]1N1CCN(C(=O)c2ccco2)CC1. The van der Waals surface area contributed by atoms with E-state index in [1.807, 2.05) is 0 Å². The summed E-state index contributed by atoms with van der Waals surface area (Å²) in [4.78, 5) is 27.4. The number of hydrogen-bond donors (Lipinski definition) is 0. The van der Waals surface area contributed by atoms with E-state index in [4.69, 9.17) is 9.15 Å². The van der Waals surface area contributed by atoms with Crippen LogP contribution in [0.4, 0.5) is 0 Å². The number of ether oxygens (including phenoxy) is 1. The summed E-state index contributed by atoms with van der Waals surface area (Å²) in [6.07, 6.45) is 2.25. The van der Waals surface area contributed by atoms with Crippen LogP contribution < -0.4 is 0 Å². The second-order valence-electron chi connectivity index (χ2n) is 4.78. The molecule has 3 rings (SSSR count). The zero-order chi connectivity index (χ0) is 13.2. The van der Waals surface area contributed by atoms with Crippen LogP contribution in [0.3, 0.4) is 0 Å². The van der Waals surface area contributed by atoms with Crippen LogP contribution in [0.25, 0.3) is 0 Å². The topological polar surface area (TPSA) is 63.0 Å². The summed E-state index contributed by atoms with van der Waals surface area (Å²) >= 11 is 0. The fourth-order valence-electron chi connectivity index (χ4n) is 2.61.